The fourth-order valence-corrected chi connectivity index (χ4v) is 3.15. The lowest BCUT2D eigenvalue weighted by Crippen LogP contribution is -2.21. The monoisotopic (exact) mass is 279 g/mol. The zero-order chi connectivity index (χ0) is 14.1. The minimum atomic E-state index is 0.708. The molecule has 0 spiro atoms. The highest BCUT2D eigenvalue weighted by molar-refractivity contribution is 7.99. The fraction of sp³-hybridized carbons (Fsp3) is 0.647. The Morgan fingerprint density at radius 1 is 1.11 bits per heavy atom. The summed E-state index contributed by atoms with van der Waals surface area (Å²) in [5.41, 5.74) is 1.46. The smallest absolute Gasteiger partial charge is 0.00721 e. The van der Waals surface area contributed by atoms with Gasteiger partial charge in [-0.3, -0.25) is 0 Å². The summed E-state index contributed by atoms with van der Waals surface area (Å²) in [7, 11) is 0. The Morgan fingerprint density at radius 2 is 1.79 bits per heavy atom. The molecule has 1 unspecified atom stereocenters. The van der Waals surface area contributed by atoms with E-state index in [0.717, 1.165) is 19.0 Å². The molecule has 0 fully saturated rings. The van der Waals surface area contributed by atoms with Crippen LogP contribution in [0.25, 0.3) is 0 Å². The summed E-state index contributed by atoms with van der Waals surface area (Å²) in [4.78, 5) is 1.41. The van der Waals surface area contributed by atoms with Crippen LogP contribution in [0.1, 0.15) is 39.7 Å². The molecule has 2 heteroatoms. The summed E-state index contributed by atoms with van der Waals surface area (Å²) in [5, 5.41) is 3.41. The fourth-order valence-electron chi connectivity index (χ4n) is 2.00. The van der Waals surface area contributed by atoms with Gasteiger partial charge in [-0.1, -0.05) is 39.8 Å². The van der Waals surface area contributed by atoms with Crippen molar-refractivity contribution in [3.05, 3.63) is 29.8 Å². The number of nitrogens with one attached hydrogen (secondary N) is 1. The predicted octanol–water partition coefficient (Wildman–Crippen LogP) is 4.61. The number of thioether (sulfide) groups is 1. The molecule has 0 aliphatic heterocycles. The third-order valence-electron chi connectivity index (χ3n) is 3.21. The van der Waals surface area contributed by atoms with Crippen molar-refractivity contribution in [3.63, 3.8) is 0 Å². The van der Waals surface area contributed by atoms with Gasteiger partial charge in [-0.25, -0.2) is 0 Å². The van der Waals surface area contributed by atoms with Gasteiger partial charge < -0.3 is 5.32 Å². The summed E-state index contributed by atoms with van der Waals surface area (Å²) in [6.07, 6.45) is 2.47. The standard InChI is InChI=1S/C17H29NS/c1-5-18-13-15(4)12-16-6-8-17(9-7-16)19-11-10-14(2)3/h6-9,14-15,18H,5,10-13H2,1-4H3. The van der Waals surface area contributed by atoms with Gasteiger partial charge in [0.2, 0.25) is 0 Å². The van der Waals surface area contributed by atoms with Gasteiger partial charge in [0.25, 0.3) is 0 Å². The van der Waals surface area contributed by atoms with E-state index in [9.17, 15) is 0 Å². The number of benzene rings is 1. The van der Waals surface area contributed by atoms with Crippen LogP contribution in [-0.2, 0) is 6.42 Å². The number of hydrogen-bond acceptors (Lipinski definition) is 2. The molecule has 0 heterocycles. The summed E-state index contributed by atoms with van der Waals surface area (Å²) in [6.45, 7) is 11.2. The molecule has 1 nitrogen and oxygen atoms in total. The molecule has 1 aromatic carbocycles. The Bertz CT molecular complexity index is 332. The second kappa shape index (κ2) is 9.44. The lowest BCUT2D eigenvalue weighted by Gasteiger charge is -2.12. The Kier molecular flexibility index (Phi) is 8.24. The van der Waals surface area contributed by atoms with E-state index < -0.39 is 0 Å². The third-order valence-corrected chi connectivity index (χ3v) is 4.26. The van der Waals surface area contributed by atoms with Gasteiger partial charge in [-0.2, -0.15) is 0 Å². The first-order valence-electron chi connectivity index (χ1n) is 7.54. The molecule has 0 aliphatic carbocycles. The molecule has 0 radical (unpaired) electrons. The molecule has 0 saturated carbocycles. The van der Waals surface area contributed by atoms with Crippen LogP contribution in [-0.4, -0.2) is 18.8 Å². The van der Waals surface area contributed by atoms with E-state index in [-0.39, 0.29) is 0 Å². The van der Waals surface area contributed by atoms with Crippen molar-refractivity contribution in [2.45, 2.75) is 45.4 Å². The van der Waals surface area contributed by atoms with Gasteiger partial charge in [-0.05, 0) is 61.2 Å². The molecular weight excluding hydrogens is 250 g/mol. The average Bonchev–Trinajstić information content (AvgIpc) is 2.38. The van der Waals surface area contributed by atoms with Crippen LogP contribution in [0.15, 0.2) is 29.2 Å². The molecule has 1 rings (SSSR count). The quantitative estimate of drug-likeness (QED) is 0.662. The van der Waals surface area contributed by atoms with Crippen LogP contribution >= 0.6 is 11.8 Å². The Labute approximate surface area is 123 Å². The van der Waals surface area contributed by atoms with E-state index in [0.29, 0.717) is 5.92 Å². The van der Waals surface area contributed by atoms with Crippen LogP contribution in [0.3, 0.4) is 0 Å². The highest BCUT2D eigenvalue weighted by Gasteiger charge is 2.03. The molecular formula is C17H29NS. The summed E-state index contributed by atoms with van der Waals surface area (Å²) in [6, 6.07) is 9.14. The number of hydrogen-bond donors (Lipinski definition) is 1. The first-order valence-corrected chi connectivity index (χ1v) is 8.52. The summed E-state index contributed by atoms with van der Waals surface area (Å²) >= 11 is 1.98. The highest BCUT2D eigenvalue weighted by Crippen LogP contribution is 2.21. The Morgan fingerprint density at radius 3 is 2.37 bits per heavy atom. The predicted molar refractivity (Wildman–Crippen MR) is 88.0 cm³/mol. The van der Waals surface area contributed by atoms with Crippen molar-refractivity contribution in [2.24, 2.45) is 11.8 Å². The zero-order valence-corrected chi connectivity index (χ0v) is 13.7. The zero-order valence-electron chi connectivity index (χ0n) is 12.9. The van der Waals surface area contributed by atoms with E-state index in [1.54, 1.807) is 0 Å². The van der Waals surface area contributed by atoms with E-state index >= 15 is 0 Å². The maximum absolute atomic E-state index is 3.41. The topological polar surface area (TPSA) is 12.0 Å². The maximum Gasteiger partial charge on any atom is 0.00721 e. The minimum Gasteiger partial charge on any atom is -0.317 e. The first-order chi connectivity index (χ1) is 9.11. The molecule has 1 aromatic rings. The van der Waals surface area contributed by atoms with Crippen molar-refractivity contribution < 1.29 is 0 Å². The normalized spacial score (nSPS) is 12.9. The third kappa shape index (κ3) is 7.64. The van der Waals surface area contributed by atoms with Crippen LogP contribution < -0.4 is 5.32 Å². The minimum absolute atomic E-state index is 0.708. The summed E-state index contributed by atoms with van der Waals surface area (Å²) < 4.78 is 0. The van der Waals surface area contributed by atoms with Crippen molar-refractivity contribution in [1.82, 2.24) is 5.32 Å². The lowest BCUT2D eigenvalue weighted by atomic mass is 10.0. The van der Waals surface area contributed by atoms with Crippen molar-refractivity contribution in [3.8, 4) is 0 Å². The highest BCUT2D eigenvalue weighted by atomic mass is 32.2. The van der Waals surface area contributed by atoms with Gasteiger partial charge in [-0.15, -0.1) is 11.8 Å². The van der Waals surface area contributed by atoms with Gasteiger partial charge in [0, 0.05) is 4.90 Å². The van der Waals surface area contributed by atoms with Crippen LogP contribution in [0.4, 0.5) is 0 Å². The molecule has 0 aromatic heterocycles. The van der Waals surface area contributed by atoms with E-state index in [1.165, 1.54) is 29.1 Å². The molecule has 108 valence electrons. The van der Waals surface area contributed by atoms with Crippen LogP contribution in [0, 0.1) is 11.8 Å². The van der Waals surface area contributed by atoms with E-state index in [2.05, 4.69) is 57.3 Å². The van der Waals surface area contributed by atoms with Crippen molar-refractivity contribution in [2.75, 3.05) is 18.8 Å². The van der Waals surface area contributed by atoms with Gasteiger partial charge in [0.1, 0.15) is 0 Å². The SMILES string of the molecule is CCNCC(C)Cc1ccc(SCCC(C)C)cc1. The number of rotatable bonds is 9. The van der Waals surface area contributed by atoms with Gasteiger partial charge in [0.15, 0.2) is 0 Å². The Hall–Kier alpha value is -0.470. The van der Waals surface area contributed by atoms with E-state index in [1.807, 2.05) is 11.8 Å². The average molecular weight is 279 g/mol. The Balaban J connectivity index is 2.34. The van der Waals surface area contributed by atoms with Crippen molar-refractivity contribution >= 4 is 11.8 Å². The summed E-state index contributed by atoms with van der Waals surface area (Å²) in [5.74, 6) is 2.74. The molecule has 0 aliphatic rings. The van der Waals surface area contributed by atoms with Crippen molar-refractivity contribution in [1.29, 1.82) is 0 Å². The van der Waals surface area contributed by atoms with Gasteiger partial charge in [0.05, 0.1) is 0 Å². The van der Waals surface area contributed by atoms with Crippen LogP contribution in [0.5, 0.6) is 0 Å². The second-order valence-corrected chi connectivity index (χ2v) is 6.96. The van der Waals surface area contributed by atoms with Crippen LogP contribution in [0.2, 0.25) is 0 Å². The van der Waals surface area contributed by atoms with Gasteiger partial charge >= 0.3 is 0 Å². The first kappa shape index (κ1) is 16.6. The molecule has 0 bridgehead atoms. The molecule has 0 saturated heterocycles. The molecule has 0 amide bonds. The maximum atomic E-state index is 3.41. The molecule has 1 N–H and O–H groups in total. The lowest BCUT2D eigenvalue weighted by molar-refractivity contribution is 0.521. The second-order valence-electron chi connectivity index (χ2n) is 5.79. The van der Waals surface area contributed by atoms with E-state index in [4.69, 9.17) is 0 Å². The molecule has 1 atom stereocenters. The molecule has 19 heavy (non-hydrogen) atoms. The largest absolute Gasteiger partial charge is 0.317 e.